The molecule has 0 aliphatic carbocycles. The molecule has 1 heteroatoms. The van der Waals surface area contributed by atoms with Crippen LogP contribution in [-0.2, 0) is 6.54 Å². The Morgan fingerprint density at radius 3 is 2.16 bits per heavy atom. The van der Waals surface area contributed by atoms with E-state index >= 15 is 0 Å². The predicted octanol–water partition coefficient (Wildman–Crippen LogP) is 4.27. The van der Waals surface area contributed by atoms with Gasteiger partial charge in [-0.15, -0.1) is 0 Å². The summed E-state index contributed by atoms with van der Waals surface area (Å²) in [5.41, 5.74) is 10.7. The van der Waals surface area contributed by atoms with E-state index in [4.69, 9.17) is 5.73 Å². The molecule has 0 heterocycles. The van der Waals surface area contributed by atoms with Gasteiger partial charge in [-0.2, -0.15) is 0 Å². The van der Waals surface area contributed by atoms with Gasteiger partial charge in [0.1, 0.15) is 0 Å². The molecule has 0 unspecified atom stereocenters. The highest BCUT2D eigenvalue weighted by Gasteiger charge is 2.05. The van der Waals surface area contributed by atoms with Crippen LogP contribution in [0.1, 0.15) is 11.1 Å². The molecule has 0 saturated carbocycles. The fourth-order valence-corrected chi connectivity index (χ4v) is 2.52. The average molecular weight is 247 g/mol. The zero-order valence-electron chi connectivity index (χ0n) is 11.1. The van der Waals surface area contributed by atoms with Crippen LogP contribution in [0.15, 0.2) is 60.7 Å². The van der Waals surface area contributed by atoms with Crippen molar-refractivity contribution in [3.05, 3.63) is 71.8 Å². The van der Waals surface area contributed by atoms with E-state index in [-0.39, 0.29) is 0 Å². The topological polar surface area (TPSA) is 26.0 Å². The highest BCUT2D eigenvalue weighted by Crippen LogP contribution is 2.30. The van der Waals surface area contributed by atoms with E-state index in [1.165, 1.54) is 33.0 Å². The smallest absolute Gasteiger partial charge is 0.0178 e. The number of aryl methyl sites for hydroxylation is 1. The lowest BCUT2D eigenvalue weighted by Gasteiger charge is -2.09. The van der Waals surface area contributed by atoms with Crippen LogP contribution in [0.4, 0.5) is 0 Å². The van der Waals surface area contributed by atoms with E-state index in [2.05, 4.69) is 67.6 Å². The van der Waals surface area contributed by atoms with Gasteiger partial charge in [0.15, 0.2) is 0 Å². The van der Waals surface area contributed by atoms with Gasteiger partial charge in [-0.05, 0) is 39.9 Å². The molecule has 0 bridgehead atoms. The molecular formula is C18H17N. The summed E-state index contributed by atoms with van der Waals surface area (Å²) in [6.45, 7) is 2.75. The summed E-state index contributed by atoms with van der Waals surface area (Å²) in [6, 6.07) is 21.5. The summed E-state index contributed by atoms with van der Waals surface area (Å²) in [6.07, 6.45) is 0. The number of nitrogens with two attached hydrogens (primary N) is 1. The molecule has 0 aromatic heterocycles. The Hall–Kier alpha value is -2.12. The Labute approximate surface area is 113 Å². The fraction of sp³-hybridized carbons (Fsp3) is 0.111. The third kappa shape index (κ3) is 2.13. The Kier molecular flexibility index (Phi) is 3.06. The molecule has 0 aliphatic rings. The third-order valence-electron chi connectivity index (χ3n) is 3.64. The van der Waals surface area contributed by atoms with E-state index < -0.39 is 0 Å². The zero-order valence-corrected chi connectivity index (χ0v) is 11.1. The minimum Gasteiger partial charge on any atom is -0.326 e. The van der Waals surface area contributed by atoms with Gasteiger partial charge in [0, 0.05) is 6.54 Å². The molecule has 0 saturated heterocycles. The fourth-order valence-electron chi connectivity index (χ4n) is 2.52. The molecule has 3 rings (SSSR count). The van der Waals surface area contributed by atoms with Gasteiger partial charge in [-0.25, -0.2) is 0 Å². The van der Waals surface area contributed by atoms with Gasteiger partial charge in [0.05, 0.1) is 0 Å². The van der Waals surface area contributed by atoms with Crippen LogP contribution < -0.4 is 5.73 Å². The second-order valence-corrected chi connectivity index (χ2v) is 4.88. The average Bonchev–Trinajstić information content (AvgIpc) is 2.48. The number of hydrogen-bond acceptors (Lipinski definition) is 1. The van der Waals surface area contributed by atoms with Gasteiger partial charge < -0.3 is 5.73 Å². The van der Waals surface area contributed by atoms with Crippen molar-refractivity contribution in [2.24, 2.45) is 5.73 Å². The van der Waals surface area contributed by atoms with Crippen molar-refractivity contribution >= 4 is 10.8 Å². The summed E-state index contributed by atoms with van der Waals surface area (Å²) in [7, 11) is 0. The van der Waals surface area contributed by atoms with Crippen molar-refractivity contribution in [1.82, 2.24) is 0 Å². The van der Waals surface area contributed by atoms with E-state index in [1.807, 2.05) is 0 Å². The van der Waals surface area contributed by atoms with Crippen molar-refractivity contribution < 1.29 is 0 Å². The molecule has 1 nitrogen and oxygen atoms in total. The molecule has 3 aromatic rings. The lowest BCUT2D eigenvalue weighted by molar-refractivity contribution is 1.07. The van der Waals surface area contributed by atoms with Crippen molar-refractivity contribution in [2.75, 3.05) is 0 Å². The lowest BCUT2D eigenvalue weighted by Crippen LogP contribution is -1.95. The summed E-state index contributed by atoms with van der Waals surface area (Å²) in [4.78, 5) is 0. The van der Waals surface area contributed by atoms with Crippen LogP contribution in [0.5, 0.6) is 0 Å². The van der Waals surface area contributed by atoms with Gasteiger partial charge in [0.25, 0.3) is 0 Å². The molecule has 0 amide bonds. The maximum Gasteiger partial charge on any atom is 0.0178 e. The first kappa shape index (κ1) is 11.9. The molecule has 0 atom stereocenters. The second-order valence-electron chi connectivity index (χ2n) is 4.88. The van der Waals surface area contributed by atoms with Crippen LogP contribution in [0.25, 0.3) is 21.9 Å². The van der Waals surface area contributed by atoms with Gasteiger partial charge in [-0.3, -0.25) is 0 Å². The van der Waals surface area contributed by atoms with Crippen LogP contribution in [0.3, 0.4) is 0 Å². The zero-order chi connectivity index (χ0) is 13.2. The number of hydrogen-bond donors (Lipinski definition) is 1. The minimum absolute atomic E-state index is 0.592. The highest BCUT2D eigenvalue weighted by atomic mass is 14.5. The first-order valence-electron chi connectivity index (χ1n) is 6.57. The Bertz CT molecular complexity index is 711. The monoisotopic (exact) mass is 247 g/mol. The number of benzene rings is 3. The van der Waals surface area contributed by atoms with Crippen molar-refractivity contribution in [2.45, 2.75) is 13.5 Å². The summed E-state index contributed by atoms with van der Waals surface area (Å²) >= 11 is 0. The van der Waals surface area contributed by atoms with Crippen LogP contribution in [0.2, 0.25) is 0 Å². The Morgan fingerprint density at radius 2 is 1.47 bits per heavy atom. The number of rotatable bonds is 2. The standard InChI is InChI=1S/C18H17N/c1-13-6-11-17(18-5-3-2-4-16(13)18)15-9-7-14(12-19)8-10-15/h2-11H,12,19H2,1H3. The molecule has 0 radical (unpaired) electrons. The van der Waals surface area contributed by atoms with Crippen LogP contribution in [-0.4, -0.2) is 0 Å². The van der Waals surface area contributed by atoms with Gasteiger partial charge >= 0.3 is 0 Å². The number of fused-ring (bicyclic) bond motifs is 1. The van der Waals surface area contributed by atoms with Gasteiger partial charge in [0.2, 0.25) is 0 Å². The summed E-state index contributed by atoms with van der Waals surface area (Å²) < 4.78 is 0. The van der Waals surface area contributed by atoms with E-state index in [9.17, 15) is 0 Å². The van der Waals surface area contributed by atoms with Crippen molar-refractivity contribution in [3.63, 3.8) is 0 Å². The van der Waals surface area contributed by atoms with Crippen LogP contribution in [0, 0.1) is 6.92 Å². The third-order valence-corrected chi connectivity index (χ3v) is 3.64. The first-order chi connectivity index (χ1) is 9.29. The highest BCUT2D eigenvalue weighted by molar-refractivity contribution is 5.98. The first-order valence-corrected chi connectivity index (χ1v) is 6.57. The normalized spacial score (nSPS) is 10.8. The molecule has 19 heavy (non-hydrogen) atoms. The van der Waals surface area contributed by atoms with Gasteiger partial charge in [-0.1, -0.05) is 60.7 Å². The molecule has 0 spiro atoms. The quantitative estimate of drug-likeness (QED) is 0.719. The van der Waals surface area contributed by atoms with E-state index in [0.29, 0.717) is 6.54 Å². The molecule has 3 aromatic carbocycles. The molecule has 0 aliphatic heterocycles. The predicted molar refractivity (Wildman–Crippen MR) is 82.0 cm³/mol. The molecule has 0 fully saturated rings. The molecular weight excluding hydrogens is 230 g/mol. The van der Waals surface area contributed by atoms with Crippen molar-refractivity contribution in [3.8, 4) is 11.1 Å². The minimum atomic E-state index is 0.592. The molecule has 94 valence electrons. The SMILES string of the molecule is Cc1ccc(-c2ccc(CN)cc2)c2ccccc12. The maximum absolute atomic E-state index is 5.65. The van der Waals surface area contributed by atoms with Crippen LogP contribution >= 0.6 is 0 Å². The summed E-state index contributed by atoms with van der Waals surface area (Å²) in [5.74, 6) is 0. The second kappa shape index (κ2) is 4.87. The largest absolute Gasteiger partial charge is 0.326 e. The Balaban J connectivity index is 2.21. The Morgan fingerprint density at radius 1 is 0.789 bits per heavy atom. The van der Waals surface area contributed by atoms with E-state index in [0.717, 1.165) is 0 Å². The molecule has 2 N–H and O–H groups in total. The van der Waals surface area contributed by atoms with Crippen molar-refractivity contribution in [1.29, 1.82) is 0 Å². The summed E-state index contributed by atoms with van der Waals surface area (Å²) in [5, 5.41) is 2.63. The lowest BCUT2D eigenvalue weighted by atomic mass is 9.95. The maximum atomic E-state index is 5.65. The van der Waals surface area contributed by atoms with E-state index in [1.54, 1.807) is 0 Å².